The molecular weight excluding hydrogens is 290 g/mol. The lowest BCUT2D eigenvalue weighted by Crippen LogP contribution is -2.40. The molecule has 0 aromatic carbocycles. The number of carbonyl (C=O) groups is 1. The average molecular weight is 314 g/mol. The minimum Gasteiger partial charge on any atom is -0.444 e. The van der Waals surface area contributed by atoms with E-state index in [9.17, 15) is 13.2 Å². The molecule has 1 amide bonds. The van der Waals surface area contributed by atoms with Crippen LogP contribution in [0.2, 0.25) is 0 Å². The molecule has 0 radical (unpaired) electrons. The van der Waals surface area contributed by atoms with Gasteiger partial charge in [0.2, 0.25) is 9.05 Å². The van der Waals surface area contributed by atoms with Crippen molar-refractivity contribution in [2.75, 3.05) is 12.3 Å². The minimum absolute atomic E-state index is 0.187. The first-order valence-corrected chi connectivity index (χ1v) is 8.58. The van der Waals surface area contributed by atoms with Crippen LogP contribution in [0.4, 0.5) is 4.79 Å². The fraction of sp³-hybridized carbons (Fsp3) is 0.917. The molecule has 0 aliphatic heterocycles. The van der Waals surface area contributed by atoms with Gasteiger partial charge in [-0.15, -0.1) is 0 Å². The molecule has 0 spiro atoms. The van der Waals surface area contributed by atoms with Crippen LogP contribution in [0.25, 0.3) is 0 Å². The highest BCUT2D eigenvalue weighted by molar-refractivity contribution is 8.13. The summed E-state index contributed by atoms with van der Waals surface area (Å²) in [6, 6.07) is 0. The fourth-order valence-corrected chi connectivity index (χ4v) is 2.93. The van der Waals surface area contributed by atoms with Crippen LogP contribution in [-0.4, -0.2) is 32.4 Å². The third-order valence-corrected chi connectivity index (χ3v) is 3.70. The van der Waals surface area contributed by atoms with E-state index in [-0.39, 0.29) is 23.6 Å². The van der Waals surface area contributed by atoms with Crippen molar-refractivity contribution in [2.24, 2.45) is 11.3 Å². The largest absolute Gasteiger partial charge is 0.444 e. The van der Waals surface area contributed by atoms with Crippen LogP contribution in [0.1, 0.15) is 41.5 Å². The number of hydrogen-bond acceptors (Lipinski definition) is 4. The topological polar surface area (TPSA) is 72.5 Å². The first kappa shape index (κ1) is 18.5. The summed E-state index contributed by atoms with van der Waals surface area (Å²) in [6.45, 7) is 11.2. The third-order valence-electron chi connectivity index (χ3n) is 2.52. The van der Waals surface area contributed by atoms with Crippen molar-refractivity contribution in [1.82, 2.24) is 5.32 Å². The van der Waals surface area contributed by atoms with Gasteiger partial charge in [0, 0.05) is 17.2 Å². The molecule has 0 rings (SSSR count). The summed E-state index contributed by atoms with van der Waals surface area (Å²) in [5, 5.41) is 2.58. The Balaban J connectivity index is 4.57. The summed E-state index contributed by atoms with van der Waals surface area (Å²) in [6.07, 6.45) is -0.561. The molecule has 19 heavy (non-hydrogen) atoms. The molecule has 5 nitrogen and oxygen atoms in total. The summed E-state index contributed by atoms with van der Waals surface area (Å²) < 4.78 is 27.5. The Morgan fingerprint density at radius 3 is 2.00 bits per heavy atom. The maximum absolute atomic E-state index is 11.5. The lowest BCUT2D eigenvalue weighted by Gasteiger charge is -2.30. The highest BCUT2D eigenvalue weighted by atomic mass is 35.7. The van der Waals surface area contributed by atoms with Crippen LogP contribution in [0.5, 0.6) is 0 Å². The van der Waals surface area contributed by atoms with Gasteiger partial charge in [0.1, 0.15) is 5.60 Å². The number of alkyl carbamates (subject to hydrolysis) is 1. The number of nitrogens with one attached hydrogen (secondary N) is 1. The molecule has 0 fully saturated rings. The molecule has 7 heteroatoms. The van der Waals surface area contributed by atoms with Gasteiger partial charge < -0.3 is 10.1 Å². The lowest BCUT2D eigenvalue weighted by atomic mass is 9.82. The van der Waals surface area contributed by atoms with Crippen LogP contribution in [-0.2, 0) is 13.8 Å². The maximum Gasteiger partial charge on any atom is 0.407 e. The molecule has 0 aromatic rings. The Kier molecular flexibility index (Phi) is 6.14. The van der Waals surface area contributed by atoms with Crippen LogP contribution in [0.15, 0.2) is 0 Å². The second kappa shape index (κ2) is 6.31. The van der Waals surface area contributed by atoms with Crippen molar-refractivity contribution in [3.8, 4) is 0 Å². The molecule has 1 unspecified atom stereocenters. The van der Waals surface area contributed by atoms with E-state index in [4.69, 9.17) is 15.4 Å². The molecule has 0 saturated carbocycles. The zero-order valence-electron chi connectivity index (χ0n) is 12.4. The second-order valence-electron chi connectivity index (χ2n) is 6.65. The monoisotopic (exact) mass is 313 g/mol. The number of halogens is 1. The van der Waals surface area contributed by atoms with E-state index in [2.05, 4.69) is 5.32 Å². The van der Waals surface area contributed by atoms with Crippen LogP contribution < -0.4 is 5.32 Å². The van der Waals surface area contributed by atoms with E-state index in [1.807, 2.05) is 20.8 Å². The Hall–Kier alpha value is -0.490. The first-order valence-electron chi connectivity index (χ1n) is 6.10. The third kappa shape index (κ3) is 10.0. The van der Waals surface area contributed by atoms with Gasteiger partial charge in [-0.3, -0.25) is 0 Å². The average Bonchev–Trinajstić information content (AvgIpc) is 2.05. The molecular formula is C12H24ClNO4S. The lowest BCUT2D eigenvalue weighted by molar-refractivity contribution is 0.0509. The Morgan fingerprint density at radius 2 is 1.68 bits per heavy atom. The van der Waals surface area contributed by atoms with Gasteiger partial charge in [0.25, 0.3) is 0 Å². The zero-order valence-corrected chi connectivity index (χ0v) is 14.0. The predicted molar refractivity (Wildman–Crippen MR) is 76.8 cm³/mol. The van der Waals surface area contributed by atoms with Gasteiger partial charge in [-0.05, 0) is 32.1 Å². The molecule has 1 N–H and O–H groups in total. The second-order valence-corrected chi connectivity index (χ2v) is 9.47. The van der Waals surface area contributed by atoms with E-state index in [0.717, 1.165) is 0 Å². The van der Waals surface area contributed by atoms with Crippen molar-refractivity contribution >= 4 is 25.8 Å². The summed E-state index contributed by atoms with van der Waals surface area (Å²) in [4.78, 5) is 11.5. The summed E-state index contributed by atoms with van der Waals surface area (Å²) in [5.74, 6) is -0.476. The van der Waals surface area contributed by atoms with E-state index >= 15 is 0 Å². The fourth-order valence-electron chi connectivity index (χ4n) is 1.38. The molecule has 0 aliphatic rings. The van der Waals surface area contributed by atoms with E-state index in [0.29, 0.717) is 0 Å². The van der Waals surface area contributed by atoms with Gasteiger partial charge in [0.05, 0.1) is 5.75 Å². The SMILES string of the molecule is CC(C)(C)OC(=O)NCC(CS(=O)(=O)Cl)C(C)(C)C. The van der Waals surface area contributed by atoms with E-state index in [1.165, 1.54) is 0 Å². The Morgan fingerprint density at radius 1 is 1.21 bits per heavy atom. The predicted octanol–water partition coefficient (Wildman–Crippen LogP) is 2.74. The number of carbonyl (C=O) groups excluding carboxylic acids is 1. The normalized spacial score (nSPS) is 14.9. The first-order chi connectivity index (χ1) is 8.21. The number of amides is 1. The maximum atomic E-state index is 11.5. The van der Waals surface area contributed by atoms with Crippen molar-refractivity contribution in [3.05, 3.63) is 0 Å². The summed E-state index contributed by atoms with van der Waals surface area (Å²) >= 11 is 0. The Bertz CT molecular complexity index is 406. The van der Waals surface area contributed by atoms with Crippen LogP contribution >= 0.6 is 10.7 Å². The van der Waals surface area contributed by atoms with Crippen molar-refractivity contribution in [1.29, 1.82) is 0 Å². The van der Waals surface area contributed by atoms with Gasteiger partial charge in [-0.25, -0.2) is 13.2 Å². The van der Waals surface area contributed by atoms with Gasteiger partial charge >= 0.3 is 6.09 Å². The highest BCUT2D eigenvalue weighted by Crippen LogP contribution is 2.27. The molecule has 114 valence electrons. The standard InChI is InChI=1S/C12H24ClNO4S/c1-11(2,3)9(8-19(13,16)17)7-14-10(15)18-12(4,5)6/h9H,7-8H2,1-6H3,(H,14,15). The minimum atomic E-state index is -3.61. The summed E-state index contributed by atoms with van der Waals surface area (Å²) in [7, 11) is 1.67. The highest BCUT2D eigenvalue weighted by Gasteiger charge is 2.29. The number of ether oxygens (including phenoxy) is 1. The van der Waals surface area contributed by atoms with Crippen LogP contribution in [0, 0.1) is 11.3 Å². The molecule has 0 bridgehead atoms. The van der Waals surface area contributed by atoms with Crippen molar-refractivity contribution in [3.63, 3.8) is 0 Å². The molecule has 0 aromatic heterocycles. The zero-order chi connectivity index (χ0) is 15.5. The van der Waals surface area contributed by atoms with Crippen molar-refractivity contribution < 1.29 is 17.9 Å². The van der Waals surface area contributed by atoms with Crippen molar-refractivity contribution in [2.45, 2.75) is 47.1 Å². The summed E-state index contributed by atoms with van der Waals surface area (Å²) in [5.41, 5.74) is -0.878. The van der Waals surface area contributed by atoms with Gasteiger partial charge in [-0.1, -0.05) is 20.8 Å². The molecule has 0 saturated heterocycles. The van der Waals surface area contributed by atoms with Gasteiger partial charge in [-0.2, -0.15) is 0 Å². The Labute approximate surface area is 120 Å². The molecule has 1 atom stereocenters. The number of rotatable bonds is 4. The number of hydrogen-bond donors (Lipinski definition) is 1. The molecule has 0 heterocycles. The van der Waals surface area contributed by atoms with E-state index < -0.39 is 20.7 Å². The quantitative estimate of drug-likeness (QED) is 0.810. The smallest absolute Gasteiger partial charge is 0.407 e. The van der Waals surface area contributed by atoms with Crippen LogP contribution in [0.3, 0.4) is 0 Å². The van der Waals surface area contributed by atoms with Gasteiger partial charge in [0.15, 0.2) is 0 Å². The van der Waals surface area contributed by atoms with E-state index in [1.54, 1.807) is 20.8 Å². The molecule has 0 aliphatic carbocycles.